The Labute approximate surface area is 165 Å². The Bertz CT molecular complexity index is 987. The number of hydrogen-bond acceptors (Lipinski definition) is 1. The van der Waals surface area contributed by atoms with Crippen LogP contribution in [0.1, 0.15) is 47.8 Å². The Morgan fingerprint density at radius 2 is 1.85 bits per heavy atom. The van der Waals surface area contributed by atoms with Crippen LogP contribution in [0.25, 0.3) is 10.9 Å². The van der Waals surface area contributed by atoms with E-state index in [2.05, 4.69) is 55.3 Å². The highest BCUT2D eigenvalue weighted by molar-refractivity contribution is 6.30. The van der Waals surface area contributed by atoms with E-state index in [4.69, 9.17) is 11.6 Å². The summed E-state index contributed by atoms with van der Waals surface area (Å²) in [4.78, 5) is 15.8. The zero-order valence-corrected chi connectivity index (χ0v) is 16.7. The number of carbonyl (C=O) groups excluding carboxylic acids is 1. The predicted octanol–water partition coefficient (Wildman–Crippen LogP) is 5.69. The van der Waals surface area contributed by atoms with Gasteiger partial charge in [0, 0.05) is 33.7 Å². The summed E-state index contributed by atoms with van der Waals surface area (Å²) in [6, 6.07) is 15.5. The standard InChI is InChI=1S/C23H25ClN2O/c1-14-20(17-6-4-5-7-19(17)26-14)21-18(23(21,2)3)12-13-25-22(27)15-8-10-16(24)11-9-15/h4-11,18,21,26H,12-13H2,1-3H3,(H,25,27)/t18-,21+/m0/s1. The van der Waals surface area contributed by atoms with Gasteiger partial charge < -0.3 is 10.3 Å². The lowest BCUT2D eigenvalue weighted by Gasteiger charge is -2.06. The number of rotatable bonds is 5. The first kappa shape index (κ1) is 18.1. The lowest BCUT2D eigenvalue weighted by Crippen LogP contribution is -2.25. The molecule has 1 aliphatic rings. The van der Waals surface area contributed by atoms with E-state index in [-0.39, 0.29) is 11.3 Å². The van der Waals surface area contributed by atoms with E-state index in [0.29, 0.717) is 29.0 Å². The molecular weight excluding hydrogens is 356 g/mol. The maximum Gasteiger partial charge on any atom is 0.251 e. The molecule has 1 saturated carbocycles. The van der Waals surface area contributed by atoms with Crippen molar-refractivity contribution in [1.82, 2.24) is 10.3 Å². The Morgan fingerprint density at radius 1 is 1.15 bits per heavy atom. The minimum atomic E-state index is -0.0371. The summed E-state index contributed by atoms with van der Waals surface area (Å²) >= 11 is 5.89. The zero-order valence-electron chi connectivity index (χ0n) is 16.0. The van der Waals surface area contributed by atoms with Crippen LogP contribution < -0.4 is 5.32 Å². The molecule has 2 N–H and O–H groups in total. The summed E-state index contributed by atoms with van der Waals surface area (Å²) in [6.07, 6.45) is 0.982. The lowest BCUT2D eigenvalue weighted by atomic mass is 10.0. The molecule has 1 fully saturated rings. The number of aromatic nitrogens is 1. The van der Waals surface area contributed by atoms with Crippen LogP contribution in [0.3, 0.4) is 0 Å². The fourth-order valence-corrected chi connectivity index (χ4v) is 4.73. The smallest absolute Gasteiger partial charge is 0.251 e. The topological polar surface area (TPSA) is 44.9 Å². The minimum Gasteiger partial charge on any atom is -0.358 e. The summed E-state index contributed by atoms with van der Waals surface area (Å²) < 4.78 is 0. The van der Waals surface area contributed by atoms with Crippen molar-refractivity contribution in [3.8, 4) is 0 Å². The van der Waals surface area contributed by atoms with E-state index >= 15 is 0 Å². The van der Waals surface area contributed by atoms with E-state index in [0.717, 1.165) is 6.42 Å². The van der Waals surface area contributed by atoms with Crippen LogP contribution in [0.2, 0.25) is 5.02 Å². The number of benzene rings is 2. The number of para-hydroxylation sites is 1. The molecule has 0 unspecified atom stereocenters. The number of carbonyl (C=O) groups is 1. The first-order chi connectivity index (χ1) is 12.9. The third kappa shape index (κ3) is 3.25. The number of H-pyrrole nitrogens is 1. The van der Waals surface area contributed by atoms with E-state index in [1.165, 1.54) is 22.2 Å². The molecule has 4 rings (SSSR count). The van der Waals surface area contributed by atoms with E-state index in [1.54, 1.807) is 24.3 Å². The molecule has 0 radical (unpaired) electrons. The molecule has 0 spiro atoms. The van der Waals surface area contributed by atoms with Gasteiger partial charge >= 0.3 is 0 Å². The summed E-state index contributed by atoms with van der Waals surface area (Å²) in [6.45, 7) is 7.53. The van der Waals surface area contributed by atoms with Crippen molar-refractivity contribution in [2.24, 2.45) is 11.3 Å². The largest absolute Gasteiger partial charge is 0.358 e. The molecule has 1 amide bonds. The van der Waals surface area contributed by atoms with Crippen molar-refractivity contribution in [2.45, 2.75) is 33.1 Å². The quantitative estimate of drug-likeness (QED) is 0.586. The van der Waals surface area contributed by atoms with Crippen LogP contribution in [-0.2, 0) is 0 Å². The summed E-state index contributed by atoms with van der Waals surface area (Å²) in [5.74, 6) is 1.06. The second kappa shape index (κ2) is 6.72. The molecule has 1 heterocycles. The molecule has 1 aromatic heterocycles. The van der Waals surface area contributed by atoms with E-state index < -0.39 is 0 Å². The SMILES string of the molecule is Cc1[nH]c2ccccc2c1[C@H]1[C@H](CCNC(=O)c2ccc(Cl)cc2)C1(C)C. The van der Waals surface area contributed by atoms with Crippen LogP contribution in [-0.4, -0.2) is 17.4 Å². The highest BCUT2D eigenvalue weighted by Gasteiger charge is 2.58. The van der Waals surface area contributed by atoms with Gasteiger partial charge in [-0.2, -0.15) is 0 Å². The van der Waals surface area contributed by atoms with Crippen molar-refractivity contribution in [3.05, 3.63) is 70.4 Å². The normalized spacial score (nSPS) is 20.6. The fourth-order valence-electron chi connectivity index (χ4n) is 4.60. The van der Waals surface area contributed by atoms with Crippen molar-refractivity contribution in [2.75, 3.05) is 6.54 Å². The molecular formula is C23H25ClN2O. The van der Waals surface area contributed by atoms with Gasteiger partial charge in [0.2, 0.25) is 0 Å². The van der Waals surface area contributed by atoms with Crippen LogP contribution in [0.5, 0.6) is 0 Å². The molecule has 4 heteroatoms. The van der Waals surface area contributed by atoms with Crippen molar-refractivity contribution < 1.29 is 4.79 Å². The van der Waals surface area contributed by atoms with Crippen LogP contribution in [0.15, 0.2) is 48.5 Å². The lowest BCUT2D eigenvalue weighted by molar-refractivity contribution is 0.0952. The molecule has 2 aromatic carbocycles. The molecule has 1 aliphatic carbocycles. The maximum atomic E-state index is 12.3. The third-order valence-corrected chi connectivity index (χ3v) is 6.40. The number of nitrogens with one attached hydrogen (secondary N) is 2. The number of aryl methyl sites for hydroxylation is 1. The van der Waals surface area contributed by atoms with Gasteiger partial charge in [-0.1, -0.05) is 43.6 Å². The summed E-state index contributed by atoms with van der Waals surface area (Å²) in [5.41, 5.74) is 4.83. The molecule has 27 heavy (non-hydrogen) atoms. The first-order valence-corrected chi connectivity index (χ1v) is 9.88. The van der Waals surface area contributed by atoms with Gasteiger partial charge in [-0.3, -0.25) is 4.79 Å². The molecule has 0 aliphatic heterocycles. The summed E-state index contributed by atoms with van der Waals surface area (Å²) in [7, 11) is 0. The Kier molecular flexibility index (Phi) is 4.51. The molecule has 0 saturated heterocycles. The Balaban J connectivity index is 1.43. The first-order valence-electron chi connectivity index (χ1n) is 9.50. The zero-order chi connectivity index (χ0) is 19.2. The van der Waals surface area contributed by atoms with Gasteiger partial charge in [0.15, 0.2) is 0 Å². The van der Waals surface area contributed by atoms with Crippen molar-refractivity contribution in [3.63, 3.8) is 0 Å². The van der Waals surface area contributed by atoms with Crippen LogP contribution >= 0.6 is 11.6 Å². The Morgan fingerprint density at radius 3 is 2.59 bits per heavy atom. The summed E-state index contributed by atoms with van der Waals surface area (Å²) in [5, 5.41) is 5.03. The van der Waals surface area contributed by atoms with Crippen molar-refractivity contribution >= 4 is 28.4 Å². The monoisotopic (exact) mass is 380 g/mol. The van der Waals surface area contributed by atoms with Gasteiger partial charge in [-0.25, -0.2) is 0 Å². The van der Waals surface area contributed by atoms with Gasteiger partial charge in [0.05, 0.1) is 0 Å². The van der Waals surface area contributed by atoms with Crippen LogP contribution in [0, 0.1) is 18.3 Å². The molecule has 140 valence electrons. The second-order valence-corrected chi connectivity index (χ2v) is 8.60. The average Bonchev–Trinajstić information content (AvgIpc) is 3.00. The fraction of sp³-hybridized carbons (Fsp3) is 0.348. The molecule has 0 bridgehead atoms. The molecule has 2 atom stereocenters. The average molecular weight is 381 g/mol. The predicted molar refractivity (Wildman–Crippen MR) is 111 cm³/mol. The number of amides is 1. The van der Waals surface area contributed by atoms with Gasteiger partial charge in [0.1, 0.15) is 0 Å². The van der Waals surface area contributed by atoms with Crippen molar-refractivity contribution in [1.29, 1.82) is 0 Å². The number of fused-ring (bicyclic) bond motifs is 1. The van der Waals surface area contributed by atoms with Gasteiger partial charge in [-0.05, 0) is 66.5 Å². The minimum absolute atomic E-state index is 0.0371. The van der Waals surface area contributed by atoms with Crippen LogP contribution in [0.4, 0.5) is 0 Å². The van der Waals surface area contributed by atoms with Gasteiger partial charge in [-0.15, -0.1) is 0 Å². The third-order valence-electron chi connectivity index (χ3n) is 6.15. The van der Waals surface area contributed by atoms with E-state index in [1.807, 2.05) is 0 Å². The maximum absolute atomic E-state index is 12.3. The number of halogens is 1. The number of hydrogen-bond donors (Lipinski definition) is 2. The second-order valence-electron chi connectivity index (χ2n) is 8.17. The number of aromatic amines is 1. The van der Waals surface area contributed by atoms with E-state index in [9.17, 15) is 4.79 Å². The highest BCUT2D eigenvalue weighted by atomic mass is 35.5. The highest BCUT2D eigenvalue weighted by Crippen LogP contribution is 2.67. The molecule has 3 nitrogen and oxygen atoms in total. The Hall–Kier alpha value is -2.26. The molecule has 3 aromatic rings. The van der Waals surface area contributed by atoms with Gasteiger partial charge in [0.25, 0.3) is 5.91 Å².